The molecule has 0 saturated heterocycles. The maximum atomic E-state index is 12.5. The number of fused-ring (bicyclic) bond motifs is 2. The molecule has 0 aliphatic carbocycles. The van der Waals surface area contributed by atoms with Crippen LogP contribution in [0.5, 0.6) is 0 Å². The Balaban J connectivity index is 0.00000225. The fourth-order valence-corrected chi connectivity index (χ4v) is 6.09. The van der Waals surface area contributed by atoms with E-state index in [2.05, 4.69) is 33.9 Å². The van der Waals surface area contributed by atoms with E-state index in [1.165, 1.54) is 22.5 Å². The van der Waals surface area contributed by atoms with Gasteiger partial charge in [0.2, 0.25) is 10.0 Å². The second kappa shape index (κ2) is 9.37. The summed E-state index contributed by atoms with van der Waals surface area (Å²) in [6.45, 7) is 3.59. The Morgan fingerprint density at radius 2 is 1.75 bits per heavy atom. The molecule has 150 valence electrons. The molecule has 1 aliphatic heterocycles. The lowest BCUT2D eigenvalue weighted by atomic mass is 10.00. The minimum Gasteiger partial charge on any atom is -0.299 e. The number of unbranched alkanes of at least 4 members (excludes halogenated alkanes) is 1. The Hall–Kier alpha value is -1.44. The van der Waals surface area contributed by atoms with Gasteiger partial charge in [0.1, 0.15) is 4.21 Å². The van der Waals surface area contributed by atoms with E-state index in [0.29, 0.717) is 10.8 Å². The average Bonchev–Trinajstić information content (AvgIpc) is 3.13. The molecule has 1 N–H and O–H groups in total. The van der Waals surface area contributed by atoms with Crippen molar-refractivity contribution >= 4 is 43.9 Å². The Labute approximate surface area is 177 Å². The van der Waals surface area contributed by atoms with Crippen LogP contribution < -0.4 is 4.72 Å². The smallest absolute Gasteiger partial charge is 0.250 e. The number of halogens is 1. The summed E-state index contributed by atoms with van der Waals surface area (Å²) in [7, 11) is -3.41. The van der Waals surface area contributed by atoms with Crippen molar-refractivity contribution in [1.29, 1.82) is 0 Å². The van der Waals surface area contributed by atoms with Gasteiger partial charge < -0.3 is 0 Å². The number of nitrogens with one attached hydrogen (secondary N) is 1. The zero-order chi connectivity index (χ0) is 18.7. The van der Waals surface area contributed by atoms with Gasteiger partial charge in [0.15, 0.2) is 0 Å². The molecule has 1 aliphatic rings. The molecule has 4 rings (SSSR count). The highest BCUT2D eigenvalue weighted by Gasteiger charge is 2.17. The lowest BCUT2D eigenvalue weighted by molar-refractivity contribution is 0.249. The molecule has 4 nitrogen and oxygen atoms in total. The van der Waals surface area contributed by atoms with E-state index in [1.54, 1.807) is 6.07 Å². The summed E-state index contributed by atoms with van der Waals surface area (Å²) in [4.78, 5) is 2.46. The van der Waals surface area contributed by atoms with E-state index in [9.17, 15) is 8.42 Å². The molecule has 0 amide bonds. The molecule has 0 fully saturated rings. The Kier molecular flexibility index (Phi) is 7.12. The van der Waals surface area contributed by atoms with Crippen LogP contribution in [0, 0.1) is 0 Å². The summed E-state index contributed by atoms with van der Waals surface area (Å²) in [6.07, 6.45) is 2.95. The maximum absolute atomic E-state index is 12.5. The summed E-state index contributed by atoms with van der Waals surface area (Å²) < 4.78 is 29.1. The molecule has 0 atom stereocenters. The van der Waals surface area contributed by atoms with Gasteiger partial charge in [-0.15, -0.1) is 23.7 Å². The van der Waals surface area contributed by atoms with E-state index >= 15 is 0 Å². The van der Waals surface area contributed by atoms with Crippen LogP contribution in [0.4, 0.5) is 0 Å². The van der Waals surface area contributed by atoms with Crippen molar-refractivity contribution in [2.75, 3.05) is 19.6 Å². The molecule has 0 unspecified atom stereocenters. The first-order valence-electron chi connectivity index (χ1n) is 9.39. The first-order chi connectivity index (χ1) is 13.1. The van der Waals surface area contributed by atoms with Crippen LogP contribution in [0.3, 0.4) is 0 Å². The van der Waals surface area contributed by atoms with Crippen LogP contribution in [0.2, 0.25) is 0 Å². The van der Waals surface area contributed by atoms with Gasteiger partial charge in [-0.3, -0.25) is 4.90 Å². The van der Waals surface area contributed by atoms with Gasteiger partial charge in [-0.05, 0) is 54.5 Å². The largest absolute Gasteiger partial charge is 0.299 e. The van der Waals surface area contributed by atoms with E-state index in [1.807, 2.05) is 24.3 Å². The number of hydrogen-bond donors (Lipinski definition) is 1. The molecular formula is C21H25ClN2O2S2. The minimum atomic E-state index is -3.41. The Morgan fingerprint density at radius 1 is 1.00 bits per heavy atom. The number of rotatable bonds is 7. The fraction of sp³-hybridized carbons (Fsp3) is 0.333. The predicted molar refractivity (Wildman–Crippen MR) is 119 cm³/mol. The molecule has 0 saturated carbocycles. The molecule has 0 spiro atoms. The van der Waals surface area contributed by atoms with Crippen molar-refractivity contribution in [1.82, 2.24) is 9.62 Å². The van der Waals surface area contributed by atoms with Gasteiger partial charge in [0.25, 0.3) is 0 Å². The Morgan fingerprint density at radius 3 is 2.57 bits per heavy atom. The number of hydrogen-bond acceptors (Lipinski definition) is 4. The van der Waals surface area contributed by atoms with Crippen molar-refractivity contribution in [3.63, 3.8) is 0 Å². The number of thiophene rings is 1. The zero-order valence-corrected chi connectivity index (χ0v) is 18.1. The topological polar surface area (TPSA) is 49.4 Å². The van der Waals surface area contributed by atoms with E-state index in [4.69, 9.17) is 0 Å². The van der Waals surface area contributed by atoms with Crippen molar-refractivity contribution in [2.24, 2.45) is 0 Å². The summed E-state index contributed by atoms with van der Waals surface area (Å²) in [5.41, 5.74) is 2.89. The summed E-state index contributed by atoms with van der Waals surface area (Å²) in [5, 5.41) is 0.980. The van der Waals surface area contributed by atoms with Gasteiger partial charge in [-0.25, -0.2) is 13.1 Å². The molecule has 0 bridgehead atoms. The molecule has 0 radical (unpaired) electrons. The van der Waals surface area contributed by atoms with E-state index in [-0.39, 0.29) is 12.4 Å². The molecule has 3 aromatic rings. The standard InChI is InChI=1S/C21H24N2O2S2.ClH/c24-27(25,21-15-18-8-3-4-10-20(18)26-21)22-12-5-6-13-23-14-11-17-7-1-2-9-19(17)16-23;/h1-4,7-10,15,22H,5-6,11-14,16H2;1H. The van der Waals surface area contributed by atoms with Crippen LogP contribution in [-0.4, -0.2) is 33.0 Å². The monoisotopic (exact) mass is 436 g/mol. The minimum absolute atomic E-state index is 0. The van der Waals surface area contributed by atoms with Gasteiger partial charge in [0.05, 0.1) is 0 Å². The average molecular weight is 437 g/mol. The normalized spacial score (nSPS) is 14.6. The van der Waals surface area contributed by atoms with Gasteiger partial charge in [-0.2, -0.15) is 0 Å². The molecule has 1 aromatic heterocycles. The number of sulfonamides is 1. The molecule has 2 heterocycles. The number of benzene rings is 2. The third-order valence-corrected chi connectivity index (χ3v) is 8.12. The zero-order valence-electron chi connectivity index (χ0n) is 15.6. The summed E-state index contributed by atoms with van der Waals surface area (Å²) in [6, 6.07) is 18.2. The first kappa shape index (κ1) is 21.3. The van der Waals surface area contributed by atoms with Crippen molar-refractivity contribution in [2.45, 2.75) is 30.0 Å². The van der Waals surface area contributed by atoms with E-state index in [0.717, 1.165) is 49.0 Å². The van der Waals surface area contributed by atoms with Crippen LogP contribution in [0.25, 0.3) is 10.1 Å². The van der Waals surface area contributed by atoms with E-state index < -0.39 is 10.0 Å². The van der Waals surface area contributed by atoms with Crippen molar-refractivity contribution in [3.8, 4) is 0 Å². The van der Waals surface area contributed by atoms with Gasteiger partial charge in [0, 0.05) is 24.3 Å². The van der Waals surface area contributed by atoms with Crippen LogP contribution in [0.1, 0.15) is 24.0 Å². The molecule has 2 aromatic carbocycles. The Bertz CT molecular complexity index is 1000. The summed E-state index contributed by atoms with van der Waals surface area (Å²) in [5.74, 6) is 0. The molecule has 28 heavy (non-hydrogen) atoms. The number of nitrogens with zero attached hydrogens (tertiary/aromatic N) is 1. The van der Waals surface area contributed by atoms with Crippen LogP contribution in [-0.2, 0) is 23.0 Å². The van der Waals surface area contributed by atoms with Gasteiger partial charge >= 0.3 is 0 Å². The SMILES string of the molecule is Cl.O=S(=O)(NCCCCN1CCc2ccccc2C1)c1cc2ccccc2s1. The highest BCUT2D eigenvalue weighted by atomic mass is 35.5. The summed E-state index contributed by atoms with van der Waals surface area (Å²) >= 11 is 1.33. The third-order valence-electron chi connectivity index (χ3n) is 5.07. The highest BCUT2D eigenvalue weighted by molar-refractivity contribution is 7.91. The first-order valence-corrected chi connectivity index (χ1v) is 11.7. The lowest BCUT2D eigenvalue weighted by Crippen LogP contribution is -2.32. The highest BCUT2D eigenvalue weighted by Crippen LogP contribution is 2.28. The van der Waals surface area contributed by atoms with Crippen molar-refractivity contribution in [3.05, 3.63) is 65.7 Å². The predicted octanol–water partition coefficient (Wildman–Crippen LogP) is 4.44. The van der Waals surface area contributed by atoms with Crippen LogP contribution >= 0.6 is 23.7 Å². The van der Waals surface area contributed by atoms with Crippen molar-refractivity contribution < 1.29 is 8.42 Å². The lowest BCUT2D eigenvalue weighted by Gasteiger charge is -2.28. The molecule has 7 heteroatoms. The molecular weight excluding hydrogens is 412 g/mol. The maximum Gasteiger partial charge on any atom is 0.250 e. The second-order valence-corrected chi connectivity index (χ2v) is 10.1. The van der Waals surface area contributed by atoms with Gasteiger partial charge in [-0.1, -0.05) is 42.5 Å². The second-order valence-electron chi connectivity index (χ2n) is 7.00. The fourth-order valence-electron chi connectivity index (χ4n) is 3.57. The quantitative estimate of drug-likeness (QED) is 0.557. The van der Waals surface area contributed by atoms with Crippen LogP contribution in [0.15, 0.2) is 58.8 Å². The third kappa shape index (κ3) is 4.93.